The molecule has 1 aromatic heterocycles. The van der Waals surface area contributed by atoms with Crippen molar-refractivity contribution in [2.24, 2.45) is 5.92 Å². The summed E-state index contributed by atoms with van der Waals surface area (Å²) in [7, 11) is 0. The van der Waals surface area contributed by atoms with Crippen LogP contribution in [0.4, 0.5) is 5.82 Å². The van der Waals surface area contributed by atoms with Gasteiger partial charge in [0.25, 0.3) is 0 Å². The van der Waals surface area contributed by atoms with E-state index in [0.29, 0.717) is 11.8 Å². The van der Waals surface area contributed by atoms with Crippen LogP contribution in [-0.4, -0.2) is 21.8 Å². The van der Waals surface area contributed by atoms with E-state index in [1.165, 1.54) is 0 Å². The summed E-state index contributed by atoms with van der Waals surface area (Å²) in [6, 6.07) is 2.46. The van der Waals surface area contributed by atoms with Crippen LogP contribution in [0.15, 0.2) is 12.4 Å². The van der Waals surface area contributed by atoms with Crippen molar-refractivity contribution in [1.29, 1.82) is 0 Å². The third-order valence-electron chi connectivity index (χ3n) is 4.09. The van der Waals surface area contributed by atoms with E-state index >= 15 is 0 Å². The number of nitrogens with one attached hydrogen (secondary N) is 1. The quantitative estimate of drug-likeness (QED) is 0.919. The number of rotatable bonds is 3. The number of carbonyl (C=O) groups excluding carboxylic acids is 1. The summed E-state index contributed by atoms with van der Waals surface area (Å²) < 4.78 is 0. The molecule has 1 aliphatic carbocycles. The lowest BCUT2D eigenvalue weighted by atomic mass is 9.84. The summed E-state index contributed by atoms with van der Waals surface area (Å²) in [5.74, 6) is 1.50. The van der Waals surface area contributed by atoms with Gasteiger partial charge in [0.05, 0.1) is 5.69 Å². The Morgan fingerprint density at radius 1 is 1.20 bits per heavy atom. The van der Waals surface area contributed by atoms with Gasteiger partial charge in [0, 0.05) is 23.4 Å². The molecule has 0 aromatic carbocycles. The normalized spacial score (nSPS) is 23.4. The summed E-state index contributed by atoms with van der Waals surface area (Å²) >= 11 is 0. The zero-order valence-corrected chi connectivity index (χ0v) is 12.9. The Hall–Kier alpha value is -1.45. The maximum absolute atomic E-state index is 11.4. The summed E-state index contributed by atoms with van der Waals surface area (Å²) in [5.41, 5.74) is 1.08. The van der Waals surface area contributed by atoms with Crippen LogP contribution >= 0.6 is 0 Å². The molecule has 0 atom stereocenters. The van der Waals surface area contributed by atoms with Crippen molar-refractivity contribution < 1.29 is 4.79 Å². The summed E-state index contributed by atoms with van der Waals surface area (Å²) in [4.78, 5) is 20.0. The molecule has 0 radical (unpaired) electrons. The average Bonchev–Trinajstić information content (AvgIpc) is 2.38. The molecular formula is C16H25N3O. The van der Waals surface area contributed by atoms with Crippen molar-refractivity contribution >= 4 is 11.6 Å². The molecule has 0 spiro atoms. The van der Waals surface area contributed by atoms with E-state index in [4.69, 9.17) is 0 Å². The number of ketones is 1. The van der Waals surface area contributed by atoms with Crippen LogP contribution in [0, 0.1) is 5.92 Å². The molecule has 1 fully saturated rings. The highest BCUT2D eigenvalue weighted by atomic mass is 16.1. The molecule has 1 heterocycles. The van der Waals surface area contributed by atoms with Crippen molar-refractivity contribution in [3.05, 3.63) is 18.1 Å². The Balaban J connectivity index is 1.96. The third-order valence-corrected chi connectivity index (χ3v) is 4.09. The van der Waals surface area contributed by atoms with Gasteiger partial charge in [0.15, 0.2) is 0 Å². The van der Waals surface area contributed by atoms with E-state index in [2.05, 4.69) is 36.1 Å². The molecule has 20 heavy (non-hydrogen) atoms. The summed E-state index contributed by atoms with van der Waals surface area (Å²) in [6.07, 6.45) is 5.69. The number of Topliss-reactive ketones (excluding diaryl/α,β-unsaturated/α-hetero) is 1. The van der Waals surface area contributed by atoms with E-state index in [9.17, 15) is 4.79 Å². The van der Waals surface area contributed by atoms with Gasteiger partial charge >= 0.3 is 0 Å². The van der Waals surface area contributed by atoms with Crippen molar-refractivity contribution in [2.45, 2.75) is 64.8 Å². The Morgan fingerprint density at radius 3 is 2.40 bits per heavy atom. The molecule has 1 aromatic rings. The molecule has 2 rings (SSSR count). The average molecular weight is 275 g/mol. The van der Waals surface area contributed by atoms with E-state index < -0.39 is 0 Å². The highest BCUT2D eigenvalue weighted by Gasteiger charge is 2.24. The fourth-order valence-electron chi connectivity index (χ4n) is 2.70. The Morgan fingerprint density at radius 2 is 1.85 bits per heavy atom. The number of hydrogen-bond acceptors (Lipinski definition) is 4. The van der Waals surface area contributed by atoms with Gasteiger partial charge in [0.1, 0.15) is 17.9 Å². The highest BCUT2D eigenvalue weighted by molar-refractivity contribution is 5.78. The van der Waals surface area contributed by atoms with Gasteiger partial charge in [-0.2, -0.15) is 0 Å². The second-order valence-electron chi connectivity index (χ2n) is 6.84. The first-order valence-corrected chi connectivity index (χ1v) is 7.46. The second kappa shape index (κ2) is 5.90. The molecule has 0 amide bonds. The van der Waals surface area contributed by atoms with E-state index in [1.54, 1.807) is 13.3 Å². The lowest BCUT2D eigenvalue weighted by Crippen LogP contribution is -2.29. The summed E-state index contributed by atoms with van der Waals surface area (Å²) in [6.45, 7) is 8.16. The topological polar surface area (TPSA) is 54.9 Å². The molecule has 4 nitrogen and oxygen atoms in total. The van der Waals surface area contributed by atoms with Crippen molar-refractivity contribution in [3.8, 4) is 0 Å². The van der Waals surface area contributed by atoms with Crippen LogP contribution < -0.4 is 5.32 Å². The van der Waals surface area contributed by atoms with E-state index in [-0.39, 0.29) is 11.3 Å². The van der Waals surface area contributed by atoms with Crippen molar-refractivity contribution in [2.75, 3.05) is 5.32 Å². The zero-order valence-electron chi connectivity index (χ0n) is 12.9. The van der Waals surface area contributed by atoms with Crippen LogP contribution in [0.3, 0.4) is 0 Å². The van der Waals surface area contributed by atoms with Gasteiger partial charge in [0.2, 0.25) is 0 Å². The van der Waals surface area contributed by atoms with Gasteiger partial charge in [-0.1, -0.05) is 20.8 Å². The minimum absolute atomic E-state index is 0.0334. The SMILES string of the molecule is CC(=O)[C@H]1CC[C@@H](Nc2cc(C(C)(C)C)ncn2)CC1. The smallest absolute Gasteiger partial charge is 0.132 e. The van der Waals surface area contributed by atoms with Crippen LogP contribution in [0.25, 0.3) is 0 Å². The Kier molecular flexibility index (Phi) is 4.41. The molecule has 4 heteroatoms. The molecule has 0 bridgehead atoms. The molecule has 0 unspecified atom stereocenters. The largest absolute Gasteiger partial charge is 0.367 e. The fourth-order valence-corrected chi connectivity index (χ4v) is 2.70. The highest BCUT2D eigenvalue weighted by Crippen LogP contribution is 2.27. The maximum atomic E-state index is 11.4. The first kappa shape index (κ1) is 14.9. The maximum Gasteiger partial charge on any atom is 0.132 e. The lowest BCUT2D eigenvalue weighted by Gasteiger charge is -2.28. The van der Waals surface area contributed by atoms with Gasteiger partial charge in [-0.25, -0.2) is 9.97 Å². The van der Waals surface area contributed by atoms with E-state index in [0.717, 1.165) is 37.2 Å². The molecular weight excluding hydrogens is 250 g/mol. The van der Waals surface area contributed by atoms with Crippen LogP contribution in [-0.2, 0) is 10.2 Å². The minimum Gasteiger partial charge on any atom is -0.367 e. The van der Waals surface area contributed by atoms with Gasteiger partial charge in [-0.3, -0.25) is 4.79 Å². The number of anilines is 1. The molecule has 1 aliphatic rings. The summed E-state index contributed by atoms with van der Waals surface area (Å²) in [5, 5.41) is 3.49. The van der Waals surface area contributed by atoms with Crippen molar-refractivity contribution in [1.82, 2.24) is 9.97 Å². The molecule has 0 aliphatic heterocycles. The minimum atomic E-state index is 0.0334. The molecule has 0 saturated heterocycles. The van der Waals surface area contributed by atoms with Crippen LogP contribution in [0.2, 0.25) is 0 Å². The lowest BCUT2D eigenvalue weighted by molar-refractivity contribution is -0.121. The van der Waals surface area contributed by atoms with E-state index in [1.807, 2.05) is 6.07 Å². The van der Waals surface area contributed by atoms with Crippen molar-refractivity contribution in [3.63, 3.8) is 0 Å². The standard InChI is InChI=1S/C16H25N3O/c1-11(20)12-5-7-13(8-6-12)19-15-9-14(16(2,3)4)17-10-18-15/h9-10,12-13H,5-8H2,1-4H3,(H,17,18,19)/t12-,13+. The van der Waals surface area contributed by atoms with Gasteiger partial charge in [-0.15, -0.1) is 0 Å². The molecule has 1 saturated carbocycles. The second-order valence-corrected chi connectivity index (χ2v) is 6.84. The number of nitrogens with zero attached hydrogens (tertiary/aromatic N) is 2. The van der Waals surface area contributed by atoms with Crippen LogP contribution in [0.5, 0.6) is 0 Å². The fraction of sp³-hybridized carbons (Fsp3) is 0.688. The predicted molar refractivity (Wildman–Crippen MR) is 80.8 cm³/mol. The van der Waals surface area contributed by atoms with Gasteiger partial charge < -0.3 is 5.32 Å². The van der Waals surface area contributed by atoms with Gasteiger partial charge in [-0.05, 0) is 32.6 Å². The number of hydrogen-bond donors (Lipinski definition) is 1. The molecule has 1 N–H and O–H groups in total. The predicted octanol–water partition coefficient (Wildman–Crippen LogP) is 3.33. The zero-order chi connectivity index (χ0) is 14.8. The monoisotopic (exact) mass is 275 g/mol. The number of aromatic nitrogens is 2. The number of carbonyl (C=O) groups is 1. The van der Waals surface area contributed by atoms with Crippen LogP contribution in [0.1, 0.15) is 59.1 Å². The Bertz CT molecular complexity index is 471. The first-order valence-electron chi connectivity index (χ1n) is 7.46. The molecule has 110 valence electrons. The third kappa shape index (κ3) is 3.78. The first-order chi connectivity index (χ1) is 9.36. The Labute approximate surface area is 121 Å².